The Morgan fingerprint density at radius 3 is 2.57 bits per heavy atom. The third kappa shape index (κ3) is 6.77. The van der Waals surface area contributed by atoms with E-state index in [-0.39, 0.29) is 5.92 Å². The van der Waals surface area contributed by atoms with Gasteiger partial charge in [0.1, 0.15) is 6.04 Å². The summed E-state index contributed by atoms with van der Waals surface area (Å²) in [6, 6.07) is -1.23. The van der Waals surface area contributed by atoms with Crippen LogP contribution in [0, 0.1) is 5.92 Å². The van der Waals surface area contributed by atoms with Gasteiger partial charge in [-0.15, -0.1) is 0 Å². The first-order valence-corrected chi connectivity index (χ1v) is 7.74. The summed E-state index contributed by atoms with van der Waals surface area (Å²) < 4.78 is 0. The van der Waals surface area contributed by atoms with E-state index in [9.17, 15) is 9.59 Å². The molecule has 1 unspecified atom stereocenters. The van der Waals surface area contributed by atoms with Crippen molar-refractivity contribution >= 4 is 12.0 Å². The molecule has 1 heterocycles. The molecular weight excluding hydrogens is 272 g/mol. The lowest BCUT2D eigenvalue weighted by Crippen LogP contribution is -2.49. The van der Waals surface area contributed by atoms with Gasteiger partial charge in [0.25, 0.3) is 0 Å². The highest BCUT2D eigenvalue weighted by Gasteiger charge is 2.24. The smallest absolute Gasteiger partial charge is 0.326 e. The summed E-state index contributed by atoms with van der Waals surface area (Å²) in [6.45, 7) is 9.37. The number of amides is 2. The molecule has 0 aliphatic carbocycles. The van der Waals surface area contributed by atoms with Crippen molar-refractivity contribution in [3.8, 4) is 0 Å². The summed E-state index contributed by atoms with van der Waals surface area (Å²) in [5.41, 5.74) is 0. The molecule has 0 spiro atoms. The number of carbonyl (C=O) groups excluding carboxylic acids is 1. The fourth-order valence-electron chi connectivity index (χ4n) is 2.31. The number of carboxylic acid groups (broad SMARTS) is 1. The van der Waals surface area contributed by atoms with Gasteiger partial charge in [0, 0.05) is 32.7 Å². The Morgan fingerprint density at radius 2 is 2.00 bits per heavy atom. The average Bonchev–Trinajstić information content (AvgIpc) is 2.49. The summed E-state index contributed by atoms with van der Waals surface area (Å²) >= 11 is 0. The van der Waals surface area contributed by atoms with Crippen LogP contribution in [0.3, 0.4) is 0 Å². The van der Waals surface area contributed by atoms with Gasteiger partial charge in [-0.3, -0.25) is 0 Å². The minimum atomic E-state index is -0.986. The number of carboxylic acids is 1. The lowest BCUT2D eigenvalue weighted by molar-refractivity contribution is -0.140. The molecule has 7 heteroatoms. The van der Waals surface area contributed by atoms with Crippen LogP contribution in [-0.4, -0.2) is 67.3 Å². The number of hydrogen-bond acceptors (Lipinski definition) is 4. The predicted molar refractivity (Wildman–Crippen MR) is 81.3 cm³/mol. The molecule has 1 fully saturated rings. The van der Waals surface area contributed by atoms with Crippen LogP contribution in [0.4, 0.5) is 4.79 Å². The molecule has 21 heavy (non-hydrogen) atoms. The van der Waals surface area contributed by atoms with Gasteiger partial charge in [-0.2, -0.15) is 0 Å². The van der Waals surface area contributed by atoms with Crippen molar-refractivity contribution < 1.29 is 14.7 Å². The minimum Gasteiger partial charge on any atom is -0.480 e. The van der Waals surface area contributed by atoms with Gasteiger partial charge in [0.05, 0.1) is 0 Å². The zero-order valence-electron chi connectivity index (χ0n) is 13.0. The number of piperazine rings is 1. The monoisotopic (exact) mass is 300 g/mol. The Kier molecular flexibility index (Phi) is 8.07. The maximum Gasteiger partial charge on any atom is 0.326 e. The molecule has 122 valence electrons. The number of aliphatic carboxylic acids is 1. The number of carbonyl (C=O) groups is 2. The van der Waals surface area contributed by atoms with Crippen molar-refractivity contribution in [3.63, 3.8) is 0 Å². The summed E-state index contributed by atoms with van der Waals surface area (Å²) in [5.74, 6) is -1.07. The predicted octanol–water partition coefficient (Wildman–Crippen LogP) is 0.0802. The fraction of sp³-hybridized carbons (Fsp3) is 0.857. The Bertz CT molecular complexity index is 332. The first-order chi connectivity index (χ1) is 10.0. The fourth-order valence-corrected chi connectivity index (χ4v) is 2.31. The van der Waals surface area contributed by atoms with Gasteiger partial charge in [0.2, 0.25) is 0 Å². The molecular formula is C14H28N4O3. The number of nitrogens with one attached hydrogen (secondary N) is 3. The van der Waals surface area contributed by atoms with Crippen LogP contribution in [-0.2, 0) is 4.79 Å². The van der Waals surface area contributed by atoms with E-state index in [1.54, 1.807) is 0 Å². The second-order valence-corrected chi connectivity index (χ2v) is 5.55. The summed E-state index contributed by atoms with van der Waals surface area (Å²) in [7, 11) is 0. The normalized spacial score (nSPS) is 18.8. The number of nitrogens with zero attached hydrogens (tertiary/aromatic N) is 1. The van der Waals surface area contributed by atoms with Gasteiger partial charge in [0.15, 0.2) is 0 Å². The minimum absolute atomic E-state index is 0.0888. The van der Waals surface area contributed by atoms with Crippen LogP contribution < -0.4 is 16.0 Å². The zero-order chi connectivity index (χ0) is 15.7. The molecule has 1 rings (SSSR count). The summed E-state index contributed by atoms with van der Waals surface area (Å²) in [5, 5.41) is 17.7. The van der Waals surface area contributed by atoms with Gasteiger partial charge >= 0.3 is 12.0 Å². The lowest BCUT2D eigenvalue weighted by atomic mass is 9.99. The maximum absolute atomic E-state index is 11.7. The highest BCUT2D eigenvalue weighted by atomic mass is 16.4. The van der Waals surface area contributed by atoms with Crippen LogP contribution in [0.15, 0.2) is 0 Å². The molecule has 0 aromatic carbocycles. The van der Waals surface area contributed by atoms with Crippen molar-refractivity contribution in [2.45, 2.75) is 32.7 Å². The Balaban J connectivity index is 2.18. The van der Waals surface area contributed by atoms with Crippen LogP contribution >= 0.6 is 0 Å². The SMILES string of the molecule is CCC(C)[C@H](NC(=O)NCCCN1CCNCC1)C(=O)O. The number of rotatable bonds is 8. The molecule has 1 aliphatic heterocycles. The third-order valence-corrected chi connectivity index (χ3v) is 3.91. The van der Waals surface area contributed by atoms with Gasteiger partial charge in [-0.25, -0.2) is 9.59 Å². The zero-order valence-corrected chi connectivity index (χ0v) is 13.0. The van der Waals surface area contributed by atoms with E-state index < -0.39 is 18.0 Å². The van der Waals surface area contributed by atoms with E-state index >= 15 is 0 Å². The molecule has 4 N–H and O–H groups in total. The topological polar surface area (TPSA) is 93.7 Å². The van der Waals surface area contributed by atoms with E-state index in [1.807, 2.05) is 13.8 Å². The Morgan fingerprint density at radius 1 is 1.33 bits per heavy atom. The first-order valence-electron chi connectivity index (χ1n) is 7.74. The van der Waals surface area contributed by atoms with Crippen molar-refractivity contribution in [3.05, 3.63) is 0 Å². The van der Waals surface area contributed by atoms with Crippen LogP contribution in [0.25, 0.3) is 0 Å². The largest absolute Gasteiger partial charge is 0.480 e. The molecule has 2 atom stereocenters. The highest BCUT2D eigenvalue weighted by Crippen LogP contribution is 2.07. The van der Waals surface area contributed by atoms with Crippen molar-refractivity contribution in [1.82, 2.24) is 20.9 Å². The van der Waals surface area contributed by atoms with E-state index in [4.69, 9.17) is 5.11 Å². The summed E-state index contributed by atoms with van der Waals surface area (Å²) in [4.78, 5) is 25.2. The molecule has 0 bridgehead atoms. The molecule has 1 aliphatic rings. The molecule has 0 radical (unpaired) electrons. The molecule has 0 aromatic heterocycles. The van der Waals surface area contributed by atoms with Crippen molar-refractivity contribution in [2.24, 2.45) is 5.92 Å². The standard InChI is InChI=1S/C14H28N4O3/c1-3-11(2)12(13(19)20)17-14(21)16-5-4-8-18-9-6-15-7-10-18/h11-12,15H,3-10H2,1-2H3,(H,19,20)(H2,16,17,21)/t11?,12-/m0/s1. The first kappa shape index (κ1) is 17.7. The van der Waals surface area contributed by atoms with Crippen LogP contribution in [0.1, 0.15) is 26.7 Å². The van der Waals surface area contributed by atoms with E-state index in [0.29, 0.717) is 13.0 Å². The van der Waals surface area contributed by atoms with E-state index in [2.05, 4.69) is 20.9 Å². The Labute approximate surface area is 126 Å². The van der Waals surface area contributed by atoms with Gasteiger partial charge < -0.3 is 26.0 Å². The third-order valence-electron chi connectivity index (χ3n) is 3.91. The van der Waals surface area contributed by atoms with Gasteiger partial charge in [-0.05, 0) is 18.9 Å². The number of urea groups is 1. The molecule has 0 aromatic rings. The maximum atomic E-state index is 11.7. The second kappa shape index (κ2) is 9.57. The highest BCUT2D eigenvalue weighted by molar-refractivity contribution is 5.82. The molecule has 7 nitrogen and oxygen atoms in total. The quantitative estimate of drug-likeness (QED) is 0.476. The van der Waals surface area contributed by atoms with E-state index in [0.717, 1.165) is 39.1 Å². The molecule has 1 saturated heterocycles. The summed E-state index contributed by atoms with van der Waals surface area (Å²) in [6.07, 6.45) is 1.58. The lowest BCUT2D eigenvalue weighted by Gasteiger charge is -2.27. The van der Waals surface area contributed by atoms with Crippen molar-refractivity contribution in [2.75, 3.05) is 39.3 Å². The van der Waals surface area contributed by atoms with E-state index in [1.165, 1.54) is 0 Å². The van der Waals surface area contributed by atoms with Crippen LogP contribution in [0.5, 0.6) is 0 Å². The Hall–Kier alpha value is -1.34. The van der Waals surface area contributed by atoms with Gasteiger partial charge in [-0.1, -0.05) is 20.3 Å². The average molecular weight is 300 g/mol. The second-order valence-electron chi connectivity index (χ2n) is 5.55. The van der Waals surface area contributed by atoms with Crippen molar-refractivity contribution in [1.29, 1.82) is 0 Å². The number of hydrogen-bond donors (Lipinski definition) is 4. The van der Waals surface area contributed by atoms with Crippen LogP contribution in [0.2, 0.25) is 0 Å². The molecule has 0 saturated carbocycles. The molecule has 2 amide bonds.